The van der Waals surface area contributed by atoms with Crippen molar-refractivity contribution in [2.24, 2.45) is 5.73 Å². The number of rotatable bonds is 5. The van der Waals surface area contributed by atoms with E-state index in [1.54, 1.807) is 24.1 Å². The summed E-state index contributed by atoms with van der Waals surface area (Å²) in [6, 6.07) is 5.26. The van der Waals surface area contributed by atoms with Crippen LogP contribution in [0.15, 0.2) is 18.2 Å². The Bertz CT molecular complexity index is 425. The summed E-state index contributed by atoms with van der Waals surface area (Å²) in [5.41, 5.74) is 6.34. The topological polar surface area (TPSA) is 55.6 Å². The second-order valence-electron chi connectivity index (χ2n) is 3.90. The summed E-state index contributed by atoms with van der Waals surface area (Å²) >= 11 is 11.7. The van der Waals surface area contributed by atoms with E-state index in [0.29, 0.717) is 16.6 Å². The SMILES string of the molecule is COC(CN)C(=O)N(C)Cc1ccc(Cl)c(Cl)c1.Cl. The van der Waals surface area contributed by atoms with Gasteiger partial charge in [-0.1, -0.05) is 29.3 Å². The summed E-state index contributed by atoms with van der Waals surface area (Å²) in [6.45, 7) is 0.580. The van der Waals surface area contributed by atoms with Gasteiger partial charge in [-0.2, -0.15) is 0 Å². The van der Waals surface area contributed by atoms with Crippen molar-refractivity contribution in [1.29, 1.82) is 0 Å². The molecule has 1 atom stereocenters. The van der Waals surface area contributed by atoms with E-state index in [9.17, 15) is 4.79 Å². The highest BCUT2D eigenvalue weighted by molar-refractivity contribution is 6.42. The molecule has 0 bridgehead atoms. The van der Waals surface area contributed by atoms with E-state index in [0.717, 1.165) is 5.56 Å². The Kier molecular flexibility index (Phi) is 8.38. The molecule has 0 aliphatic rings. The van der Waals surface area contributed by atoms with Gasteiger partial charge in [0.1, 0.15) is 6.10 Å². The molecule has 1 aromatic rings. The fraction of sp³-hybridized carbons (Fsp3) is 0.417. The molecule has 1 unspecified atom stereocenters. The second-order valence-corrected chi connectivity index (χ2v) is 4.72. The van der Waals surface area contributed by atoms with Crippen molar-refractivity contribution in [1.82, 2.24) is 4.90 Å². The van der Waals surface area contributed by atoms with Gasteiger partial charge in [0.2, 0.25) is 0 Å². The Morgan fingerprint density at radius 3 is 2.53 bits per heavy atom. The Hall–Kier alpha value is -0.520. The number of benzene rings is 1. The largest absolute Gasteiger partial charge is 0.370 e. The van der Waals surface area contributed by atoms with Gasteiger partial charge in [0.15, 0.2) is 0 Å². The van der Waals surface area contributed by atoms with Gasteiger partial charge in [0, 0.05) is 27.2 Å². The number of carbonyl (C=O) groups excluding carboxylic acids is 1. The quantitative estimate of drug-likeness (QED) is 0.903. The van der Waals surface area contributed by atoms with Crippen molar-refractivity contribution in [2.45, 2.75) is 12.6 Å². The van der Waals surface area contributed by atoms with Gasteiger partial charge in [-0.15, -0.1) is 12.4 Å². The Balaban J connectivity index is 0.00000324. The number of likely N-dealkylation sites (N-methyl/N-ethyl adjacent to an activating group) is 1. The molecule has 4 nitrogen and oxygen atoms in total. The lowest BCUT2D eigenvalue weighted by Gasteiger charge is -2.22. The lowest BCUT2D eigenvalue weighted by molar-refractivity contribution is -0.140. The summed E-state index contributed by atoms with van der Waals surface area (Å²) in [4.78, 5) is 13.5. The zero-order valence-electron chi connectivity index (χ0n) is 10.7. The van der Waals surface area contributed by atoms with Crippen LogP contribution in [0.25, 0.3) is 0 Å². The summed E-state index contributed by atoms with van der Waals surface area (Å²) < 4.78 is 5.00. The highest BCUT2D eigenvalue weighted by Crippen LogP contribution is 2.23. The molecule has 0 aliphatic carbocycles. The number of hydrogen-bond donors (Lipinski definition) is 1. The third-order valence-electron chi connectivity index (χ3n) is 2.55. The maximum atomic E-state index is 11.9. The molecular weight excluding hydrogens is 311 g/mol. The molecule has 1 aromatic carbocycles. The van der Waals surface area contributed by atoms with E-state index in [1.807, 2.05) is 6.07 Å². The first-order chi connectivity index (χ1) is 8.49. The molecule has 1 rings (SSSR count). The van der Waals surface area contributed by atoms with Gasteiger partial charge in [0.25, 0.3) is 5.91 Å². The Labute approximate surface area is 129 Å². The van der Waals surface area contributed by atoms with Crippen molar-refractivity contribution >= 4 is 41.5 Å². The van der Waals surface area contributed by atoms with Crippen molar-refractivity contribution in [3.63, 3.8) is 0 Å². The van der Waals surface area contributed by atoms with E-state index in [-0.39, 0.29) is 24.9 Å². The molecule has 19 heavy (non-hydrogen) atoms. The molecule has 2 N–H and O–H groups in total. The first-order valence-electron chi connectivity index (χ1n) is 5.41. The number of carbonyl (C=O) groups is 1. The van der Waals surface area contributed by atoms with Gasteiger partial charge in [-0.3, -0.25) is 4.79 Å². The number of nitrogens with zero attached hydrogens (tertiary/aromatic N) is 1. The second kappa shape index (κ2) is 8.61. The normalized spacial score (nSPS) is 11.6. The fourth-order valence-electron chi connectivity index (χ4n) is 1.53. The van der Waals surface area contributed by atoms with Crippen LogP contribution in [0.5, 0.6) is 0 Å². The van der Waals surface area contributed by atoms with Gasteiger partial charge in [-0.25, -0.2) is 0 Å². The number of halogens is 3. The van der Waals surface area contributed by atoms with Crippen LogP contribution >= 0.6 is 35.6 Å². The summed E-state index contributed by atoms with van der Waals surface area (Å²) in [5, 5.41) is 0.961. The van der Waals surface area contributed by atoms with E-state index in [2.05, 4.69) is 0 Å². The highest BCUT2D eigenvalue weighted by atomic mass is 35.5. The Morgan fingerprint density at radius 2 is 2.05 bits per heavy atom. The average Bonchev–Trinajstić information content (AvgIpc) is 2.35. The third kappa shape index (κ3) is 5.16. The van der Waals surface area contributed by atoms with Gasteiger partial charge >= 0.3 is 0 Å². The molecule has 7 heteroatoms. The maximum absolute atomic E-state index is 11.9. The maximum Gasteiger partial charge on any atom is 0.253 e. The van der Waals surface area contributed by atoms with E-state index < -0.39 is 6.10 Å². The molecule has 0 heterocycles. The van der Waals surface area contributed by atoms with Crippen LogP contribution in [-0.2, 0) is 16.1 Å². The summed E-state index contributed by atoms with van der Waals surface area (Å²) in [5.74, 6) is -0.161. The molecule has 0 fully saturated rings. The zero-order chi connectivity index (χ0) is 13.7. The predicted molar refractivity (Wildman–Crippen MR) is 80.0 cm³/mol. The molecule has 0 radical (unpaired) electrons. The monoisotopic (exact) mass is 326 g/mol. The zero-order valence-corrected chi connectivity index (χ0v) is 13.1. The third-order valence-corrected chi connectivity index (χ3v) is 3.29. The molecule has 0 saturated carbocycles. The van der Waals surface area contributed by atoms with Crippen molar-refractivity contribution in [3.8, 4) is 0 Å². The van der Waals surface area contributed by atoms with Crippen molar-refractivity contribution < 1.29 is 9.53 Å². The van der Waals surface area contributed by atoms with Crippen LogP contribution in [0.2, 0.25) is 10.0 Å². The van der Waals surface area contributed by atoms with Gasteiger partial charge in [-0.05, 0) is 17.7 Å². The van der Waals surface area contributed by atoms with Crippen LogP contribution in [0.1, 0.15) is 5.56 Å². The molecule has 1 amide bonds. The lowest BCUT2D eigenvalue weighted by atomic mass is 10.2. The average molecular weight is 328 g/mol. The fourth-order valence-corrected chi connectivity index (χ4v) is 1.85. The summed E-state index contributed by atoms with van der Waals surface area (Å²) in [6.07, 6.45) is -0.613. The standard InChI is InChI=1S/C12H16Cl2N2O2.ClH/c1-16(12(17)11(6-15)18-2)7-8-3-4-9(13)10(14)5-8;/h3-5,11H,6-7,15H2,1-2H3;1H. The molecule has 0 spiro atoms. The highest BCUT2D eigenvalue weighted by Gasteiger charge is 2.20. The molecule has 108 valence electrons. The molecule has 0 saturated heterocycles. The summed E-state index contributed by atoms with van der Waals surface area (Å²) in [7, 11) is 3.15. The first-order valence-corrected chi connectivity index (χ1v) is 6.17. The van der Waals surface area contributed by atoms with Crippen molar-refractivity contribution in [3.05, 3.63) is 33.8 Å². The van der Waals surface area contributed by atoms with Crippen LogP contribution in [0.3, 0.4) is 0 Å². The molecule has 0 aromatic heterocycles. The van der Waals surface area contributed by atoms with Crippen LogP contribution < -0.4 is 5.73 Å². The minimum atomic E-state index is -0.613. The van der Waals surface area contributed by atoms with Crippen LogP contribution in [0.4, 0.5) is 0 Å². The number of methoxy groups -OCH3 is 1. The Morgan fingerprint density at radius 1 is 1.42 bits per heavy atom. The van der Waals surface area contributed by atoms with Gasteiger partial charge in [0.05, 0.1) is 10.0 Å². The number of amides is 1. The smallest absolute Gasteiger partial charge is 0.253 e. The van der Waals surface area contributed by atoms with Crippen LogP contribution in [0, 0.1) is 0 Å². The number of nitrogens with two attached hydrogens (primary N) is 1. The molecular formula is C12H17Cl3N2O2. The lowest BCUT2D eigenvalue weighted by Crippen LogP contribution is -2.41. The number of ether oxygens (including phenoxy) is 1. The minimum Gasteiger partial charge on any atom is -0.370 e. The molecule has 0 aliphatic heterocycles. The number of hydrogen-bond acceptors (Lipinski definition) is 3. The van der Waals surface area contributed by atoms with Crippen molar-refractivity contribution in [2.75, 3.05) is 20.7 Å². The van der Waals surface area contributed by atoms with Gasteiger partial charge < -0.3 is 15.4 Å². The van der Waals surface area contributed by atoms with E-state index in [4.69, 9.17) is 33.7 Å². The first kappa shape index (κ1) is 18.5. The van der Waals surface area contributed by atoms with Crippen LogP contribution in [-0.4, -0.2) is 37.6 Å². The van der Waals surface area contributed by atoms with E-state index in [1.165, 1.54) is 7.11 Å². The predicted octanol–water partition coefficient (Wildman–Crippen LogP) is 2.35. The minimum absolute atomic E-state index is 0. The van der Waals surface area contributed by atoms with E-state index >= 15 is 0 Å².